The predicted molar refractivity (Wildman–Crippen MR) is 101 cm³/mol. The molecule has 3 rings (SSSR count). The summed E-state index contributed by atoms with van der Waals surface area (Å²) in [6.45, 7) is 0.711. The van der Waals surface area contributed by atoms with Gasteiger partial charge in [-0.15, -0.1) is 0 Å². The molecule has 1 aromatic carbocycles. The number of aryl methyl sites for hydroxylation is 2. The largest absolute Gasteiger partial charge is 0.356 e. The lowest BCUT2D eigenvalue weighted by atomic mass is 9.97. The minimum Gasteiger partial charge on any atom is -0.356 e. The third-order valence-corrected chi connectivity index (χ3v) is 4.80. The Morgan fingerprint density at radius 2 is 2.04 bits per heavy atom. The fourth-order valence-electron chi connectivity index (χ4n) is 3.40. The van der Waals surface area contributed by atoms with Gasteiger partial charge in [0, 0.05) is 31.8 Å². The van der Waals surface area contributed by atoms with E-state index in [-0.39, 0.29) is 11.7 Å². The van der Waals surface area contributed by atoms with E-state index in [9.17, 15) is 9.18 Å². The van der Waals surface area contributed by atoms with Gasteiger partial charge in [-0.25, -0.2) is 4.39 Å². The van der Waals surface area contributed by atoms with Crippen LogP contribution in [-0.2, 0) is 18.3 Å². The molecule has 5 heteroatoms. The molecule has 138 valence electrons. The number of rotatable bonds is 7. The average Bonchev–Trinajstić information content (AvgIpc) is 3.02. The third-order valence-electron chi connectivity index (χ3n) is 4.80. The molecule has 26 heavy (non-hydrogen) atoms. The molecular formula is C21H26FN3O. The highest BCUT2D eigenvalue weighted by Gasteiger charge is 2.12. The second-order valence-electron chi connectivity index (χ2n) is 6.89. The predicted octanol–water partition coefficient (Wildman–Crippen LogP) is 4.17. The number of nitrogens with one attached hydrogen (secondary N) is 1. The van der Waals surface area contributed by atoms with Crippen molar-refractivity contribution in [2.45, 2.75) is 44.9 Å². The molecule has 0 fully saturated rings. The fourth-order valence-corrected chi connectivity index (χ4v) is 3.40. The first-order valence-electron chi connectivity index (χ1n) is 9.35. The van der Waals surface area contributed by atoms with Crippen LogP contribution in [0, 0.1) is 5.82 Å². The van der Waals surface area contributed by atoms with Crippen molar-refractivity contribution in [2.75, 3.05) is 6.54 Å². The van der Waals surface area contributed by atoms with Gasteiger partial charge in [-0.2, -0.15) is 5.10 Å². The first-order valence-corrected chi connectivity index (χ1v) is 9.35. The number of nitrogens with zero attached hydrogens (tertiary/aromatic N) is 2. The normalized spacial score (nSPS) is 14.2. The number of aromatic nitrogens is 2. The lowest BCUT2D eigenvalue weighted by Crippen LogP contribution is -2.25. The standard InChI is InChI=1S/C21H26FN3O/c1-25-15-18(21(24-25)17-7-10-19(22)11-8-17)9-12-20(26)23-14-13-16-5-3-2-4-6-16/h5,7-8,10-11,15H,2-4,6,9,12-14H2,1H3,(H,23,26). The lowest BCUT2D eigenvalue weighted by molar-refractivity contribution is -0.121. The Morgan fingerprint density at radius 1 is 1.23 bits per heavy atom. The zero-order valence-electron chi connectivity index (χ0n) is 15.3. The SMILES string of the molecule is Cn1cc(CCC(=O)NCCC2=CCCCC2)c(-c2ccc(F)cc2)n1. The molecule has 0 atom stereocenters. The topological polar surface area (TPSA) is 46.9 Å². The molecule has 1 amide bonds. The van der Waals surface area contributed by atoms with E-state index in [1.165, 1.54) is 43.4 Å². The Bertz CT molecular complexity index is 777. The van der Waals surface area contributed by atoms with Crippen molar-refractivity contribution in [3.8, 4) is 11.3 Å². The van der Waals surface area contributed by atoms with E-state index in [2.05, 4.69) is 16.5 Å². The maximum Gasteiger partial charge on any atom is 0.220 e. The number of benzene rings is 1. The Kier molecular flexibility index (Phi) is 6.21. The van der Waals surface area contributed by atoms with Gasteiger partial charge in [0.2, 0.25) is 5.91 Å². The summed E-state index contributed by atoms with van der Waals surface area (Å²) in [6, 6.07) is 6.30. The molecule has 1 aliphatic carbocycles. The van der Waals surface area contributed by atoms with Gasteiger partial charge in [0.1, 0.15) is 5.82 Å². The van der Waals surface area contributed by atoms with Crippen LogP contribution < -0.4 is 5.32 Å². The van der Waals surface area contributed by atoms with Gasteiger partial charge < -0.3 is 5.32 Å². The molecule has 4 nitrogen and oxygen atoms in total. The molecule has 0 unspecified atom stereocenters. The van der Waals surface area contributed by atoms with Gasteiger partial charge in [-0.3, -0.25) is 9.48 Å². The number of amides is 1. The minimum atomic E-state index is -0.265. The van der Waals surface area contributed by atoms with Crippen molar-refractivity contribution in [1.29, 1.82) is 0 Å². The number of allylic oxidation sites excluding steroid dienone is 1. The van der Waals surface area contributed by atoms with Crippen molar-refractivity contribution in [2.24, 2.45) is 7.05 Å². The van der Waals surface area contributed by atoms with E-state index in [1.807, 2.05) is 13.2 Å². The zero-order valence-corrected chi connectivity index (χ0v) is 15.3. The van der Waals surface area contributed by atoms with E-state index in [4.69, 9.17) is 0 Å². The van der Waals surface area contributed by atoms with Crippen molar-refractivity contribution in [3.63, 3.8) is 0 Å². The highest BCUT2D eigenvalue weighted by Crippen LogP contribution is 2.23. The summed E-state index contributed by atoms with van der Waals surface area (Å²) in [7, 11) is 1.86. The van der Waals surface area contributed by atoms with E-state index < -0.39 is 0 Å². The molecule has 0 radical (unpaired) electrons. The summed E-state index contributed by atoms with van der Waals surface area (Å²) in [6.07, 6.45) is 11.2. The highest BCUT2D eigenvalue weighted by molar-refractivity contribution is 5.76. The molecular weight excluding hydrogens is 329 g/mol. The maximum atomic E-state index is 13.1. The minimum absolute atomic E-state index is 0.0651. The van der Waals surface area contributed by atoms with E-state index in [1.54, 1.807) is 16.8 Å². The first kappa shape index (κ1) is 18.4. The van der Waals surface area contributed by atoms with Crippen LogP contribution in [0.4, 0.5) is 4.39 Å². The Hall–Kier alpha value is -2.43. The van der Waals surface area contributed by atoms with Crippen LogP contribution in [0.2, 0.25) is 0 Å². The van der Waals surface area contributed by atoms with Crippen LogP contribution in [0.25, 0.3) is 11.3 Å². The lowest BCUT2D eigenvalue weighted by Gasteiger charge is -2.12. The van der Waals surface area contributed by atoms with Crippen LogP contribution in [0.3, 0.4) is 0 Å². The van der Waals surface area contributed by atoms with Crippen LogP contribution in [0.1, 0.15) is 44.1 Å². The summed E-state index contributed by atoms with van der Waals surface area (Å²) in [5, 5.41) is 7.48. The van der Waals surface area contributed by atoms with Crippen LogP contribution in [-0.4, -0.2) is 22.2 Å². The number of halogens is 1. The number of hydrogen-bond donors (Lipinski definition) is 1. The molecule has 1 aromatic heterocycles. The molecule has 1 aliphatic rings. The summed E-state index contributed by atoms with van der Waals surface area (Å²) in [4.78, 5) is 12.1. The molecule has 0 saturated carbocycles. The van der Waals surface area contributed by atoms with Crippen molar-refractivity contribution in [3.05, 3.63) is 53.5 Å². The molecule has 0 aliphatic heterocycles. The smallest absolute Gasteiger partial charge is 0.220 e. The molecule has 0 spiro atoms. The zero-order chi connectivity index (χ0) is 18.4. The van der Waals surface area contributed by atoms with Gasteiger partial charge >= 0.3 is 0 Å². The summed E-state index contributed by atoms with van der Waals surface area (Å²) in [5.41, 5.74) is 4.16. The van der Waals surface area contributed by atoms with Crippen LogP contribution in [0.5, 0.6) is 0 Å². The van der Waals surface area contributed by atoms with Gasteiger partial charge in [0.05, 0.1) is 5.69 Å². The average molecular weight is 355 g/mol. The molecule has 2 aromatic rings. The summed E-state index contributed by atoms with van der Waals surface area (Å²) in [5.74, 6) is -0.200. The third kappa shape index (κ3) is 5.04. The second-order valence-corrected chi connectivity index (χ2v) is 6.89. The monoisotopic (exact) mass is 355 g/mol. The van der Waals surface area contributed by atoms with Gasteiger partial charge in [-0.1, -0.05) is 11.6 Å². The van der Waals surface area contributed by atoms with E-state index >= 15 is 0 Å². The van der Waals surface area contributed by atoms with Crippen molar-refractivity contribution in [1.82, 2.24) is 15.1 Å². The fraction of sp³-hybridized carbons (Fsp3) is 0.429. The first-order chi connectivity index (χ1) is 12.6. The van der Waals surface area contributed by atoms with Gasteiger partial charge in [-0.05, 0) is 68.4 Å². The van der Waals surface area contributed by atoms with Crippen LogP contribution >= 0.6 is 0 Å². The molecule has 1 N–H and O–H groups in total. The quantitative estimate of drug-likeness (QED) is 0.758. The van der Waals surface area contributed by atoms with Crippen molar-refractivity contribution < 1.29 is 9.18 Å². The molecule has 0 saturated heterocycles. The van der Waals surface area contributed by atoms with Gasteiger partial charge in [0.15, 0.2) is 0 Å². The number of hydrogen-bond acceptors (Lipinski definition) is 2. The Morgan fingerprint density at radius 3 is 2.77 bits per heavy atom. The summed E-state index contributed by atoms with van der Waals surface area (Å²) >= 11 is 0. The molecule has 1 heterocycles. The second kappa shape index (κ2) is 8.79. The number of carbonyl (C=O) groups is 1. The molecule has 0 bridgehead atoms. The van der Waals surface area contributed by atoms with E-state index in [0.717, 1.165) is 23.2 Å². The summed E-state index contributed by atoms with van der Waals surface area (Å²) < 4.78 is 14.9. The van der Waals surface area contributed by atoms with E-state index in [0.29, 0.717) is 19.4 Å². The number of carbonyl (C=O) groups excluding carboxylic acids is 1. The Balaban J connectivity index is 1.52. The maximum absolute atomic E-state index is 13.1. The van der Waals surface area contributed by atoms with Gasteiger partial charge in [0.25, 0.3) is 0 Å². The van der Waals surface area contributed by atoms with Crippen LogP contribution in [0.15, 0.2) is 42.1 Å². The van der Waals surface area contributed by atoms with Crippen molar-refractivity contribution >= 4 is 5.91 Å². The Labute approximate surface area is 154 Å². The highest BCUT2D eigenvalue weighted by atomic mass is 19.1.